The molecule has 0 spiro atoms. The topological polar surface area (TPSA) is 62.2 Å². The molecule has 0 aliphatic carbocycles. The highest BCUT2D eigenvalue weighted by atomic mass is 127. The fourth-order valence-electron chi connectivity index (χ4n) is 3.72. The lowest BCUT2D eigenvalue weighted by molar-refractivity contribution is 0.0263. The SMILES string of the molecule is CCOC1CCN(C(=NC)NCc2ccc(N3CCOC(C)C3)nc2)CC1.I. The van der Waals surface area contributed by atoms with Gasteiger partial charge in [-0.05, 0) is 38.3 Å². The molecule has 1 N–H and O–H groups in total. The molecule has 0 amide bonds. The number of hydrogen-bond donors (Lipinski definition) is 1. The summed E-state index contributed by atoms with van der Waals surface area (Å²) >= 11 is 0. The van der Waals surface area contributed by atoms with Crippen molar-refractivity contribution in [3.05, 3.63) is 23.9 Å². The monoisotopic (exact) mass is 503 g/mol. The maximum Gasteiger partial charge on any atom is 0.193 e. The Kier molecular flexibility index (Phi) is 9.73. The first-order chi connectivity index (χ1) is 13.2. The molecule has 0 saturated carbocycles. The number of guanidine groups is 1. The van der Waals surface area contributed by atoms with Gasteiger partial charge in [0.25, 0.3) is 0 Å². The van der Waals surface area contributed by atoms with Gasteiger partial charge in [0, 0.05) is 52.6 Å². The third-order valence-corrected chi connectivity index (χ3v) is 5.18. The van der Waals surface area contributed by atoms with Gasteiger partial charge in [0.2, 0.25) is 0 Å². The maximum absolute atomic E-state index is 5.73. The van der Waals surface area contributed by atoms with E-state index in [-0.39, 0.29) is 30.1 Å². The van der Waals surface area contributed by atoms with Crippen molar-refractivity contribution >= 4 is 35.8 Å². The van der Waals surface area contributed by atoms with Crippen LogP contribution in [0.2, 0.25) is 0 Å². The summed E-state index contributed by atoms with van der Waals surface area (Å²) in [5.74, 6) is 1.98. The number of halogens is 1. The molecule has 3 rings (SSSR count). The van der Waals surface area contributed by atoms with Crippen LogP contribution in [0.1, 0.15) is 32.3 Å². The van der Waals surface area contributed by atoms with Crippen LogP contribution in [-0.2, 0) is 16.0 Å². The van der Waals surface area contributed by atoms with E-state index >= 15 is 0 Å². The van der Waals surface area contributed by atoms with Crippen LogP contribution in [0.5, 0.6) is 0 Å². The van der Waals surface area contributed by atoms with Crippen molar-refractivity contribution in [3.8, 4) is 0 Å². The van der Waals surface area contributed by atoms with E-state index in [1.165, 1.54) is 0 Å². The number of morpholine rings is 1. The molecule has 1 aromatic heterocycles. The molecule has 1 aromatic rings. The molecule has 2 saturated heterocycles. The van der Waals surface area contributed by atoms with E-state index in [9.17, 15) is 0 Å². The minimum absolute atomic E-state index is 0. The van der Waals surface area contributed by atoms with Gasteiger partial charge in [0.15, 0.2) is 5.96 Å². The van der Waals surface area contributed by atoms with Crippen molar-refractivity contribution in [1.82, 2.24) is 15.2 Å². The Balaban J connectivity index is 0.00000280. The van der Waals surface area contributed by atoms with Crippen LogP contribution in [0, 0.1) is 0 Å². The zero-order valence-electron chi connectivity index (χ0n) is 17.3. The van der Waals surface area contributed by atoms with Crippen molar-refractivity contribution in [3.63, 3.8) is 0 Å². The van der Waals surface area contributed by atoms with Gasteiger partial charge < -0.3 is 24.6 Å². The number of likely N-dealkylation sites (tertiary alicyclic amines) is 1. The van der Waals surface area contributed by atoms with E-state index in [0.29, 0.717) is 6.10 Å². The van der Waals surface area contributed by atoms with Crippen LogP contribution in [0.25, 0.3) is 0 Å². The molecule has 2 aliphatic rings. The Labute approximate surface area is 185 Å². The van der Waals surface area contributed by atoms with E-state index in [4.69, 9.17) is 9.47 Å². The van der Waals surface area contributed by atoms with Gasteiger partial charge in [-0.1, -0.05) is 6.07 Å². The molecule has 1 unspecified atom stereocenters. The van der Waals surface area contributed by atoms with Crippen LogP contribution >= 0.6 is 24.0 Å². The Morgan fingerprint density at radius 3 is 2.71 bits per heavy atom. The molecule has 2 aliphatic heterocycles. The van der Waals surface area contributed by atoms with Gasteiger partial charge in [-0.15, -0.1) is 24.0 Å². The first-order valence-electron chi connectivity index (χ1n) is 10.1. The van der Waals surface area contributed by atoms with Crippen molar-refractivity contribution in [2.24, 2.45) is 4.99 Å². The number of hydrogen-bond acceptors (Lipinski definition) is 5. The molecule has 8 heteroatoms. The van der Waals surface area contributed by atoms with Crippen molar-refractivity contribution in [2.75, 3.05) is 51.3 Å². The average molecular weight is 503 g/mol. The smallest absolute Gasteiger partial charge is 0.193 e. The number of nitrogens with zero attached hydrogens (tertiary/aromatic N) is 4. The largest absolute Gasteiger partial charge is 0.378 e. The van der Waals surface area contributed by atoms with E-state index < -0.39 is 0 Å². The second-order valence-corrected chi connectivity index (χ2v) is 7.19. The lowest BCUT2D eigenvalue weighted by Gasteiger charge is -2.34. The summed E-state index contributed by atoms with van der Waals surface area (Å²) in [7, 11) is 1.85. The number of piperidine rings is 1. The zero-order valence-corrected chi connectivity index (χ0v) is 19.6. The summed E-state index contributed by atoms with van der Waals surface area (Å²) in [6, 6.07) is 4.25. The minimum Gasteiger partial charge on any atom is -0.378 e. The molecule has 7 nitrogen and oxygen atoms in total. The number of rotatable bonds is 5. The number of anilines is 1. The van der Waals surface area contributed by atoms with Gasteiger partial charge in [0.05, 0.1) is 18.8 Å². The predicted molar refractivity (Wildman–Crippen MR) is 124 cm³/mol. The third kappa shape index (κ3) is 6.45. The molecule has 158 valence electrons. The Hall–Kier alpha value is -1.13. The molecule has 1 atom stereocenters. The minimum atomic E-state index is 0. The van der Waals surface area contributed by atoms with E-state index in [1.54, 1.807) is 0 Å². The van der Waals surface area contributed by atoms with Crippen LogP contribution in [0.3, 0.4) is 0 Å². The normalized spacial score (nSPS) is 21.4. The standard InChI is InChI=1S/C20H33N5O2.HI/c1-4-26-18-7-9-24(10-8-18)20(21-3)23-14-17-5-6-19(22-13-17)25-11-12-27-16(2)15-25;/h5-6,13,16,18H,4,7-12,14-15H2,1-3H3,(H,21,23);1H. The molecule has 28 heavy (non-hydrogen) atoms. The summed E-state index contributed by atoms with van der Waals surface area (Å²) in [6.07, 6.45) is 4.73. The zero-order chi connectivity index (χ0) is 19.1. The lowest BCUT2D eigenvalue weighted by atomic mass is 10.1. The highest BCUT2D eigenvalue weighted by Crippen LogP contribution is 2.16. The molecule has 2 fully saturated rings. The fourth-order valence-corrected chi connectivity index (χ4v) is 3.72. The molecule has 0 aromatic carbocycles. The number of nitrogens with one attached hydrogen (secondary N) is 1. The maximum atomic E-state index is 5.73. The van der Waals surface area contributed by atoms with Gasteiger partial charge in [-0.2, -0.15) is 0 Å². The first-order valence-corrected chi connectivity index (χ1v) is 10.1. The quantitative estimate of drug-likeness (QED) is 0.379. The summed E-state index contributed by atoms with van der Waals surface area (Å²) in [5, 5.41) is 3.47. The van der Waals surface area contributed by atoms with E-state index in [1.807, 2.05) is 13.2 Å². The first kappa shape index (κ1) is 23.2. The van der Waals surface area contributed by atoms with Crippen LogP contribution in [0.4, 0.5) is 5.82 Å². The molecular formula is C20H34IN5O2. The number of pyridine rings is 1. The Morgan fingerprint density at radius 1 is 1.32 bits per heavy atom. The molecular weight excluding hydrogens is 469 g/mol. The Bertz CT molecular complexity index is 605. The number of ether oxygens (including phenoxy) is 2. The van der Waals surface area contributed by atoms with Crippen LogP contribution in [0.15, 0.2) is 23.3 Å². The van der Waals surface area contributed by atoms with Crippen LogP contribution in [-0.4, -0.2) is 74.5 Å². The molecule has 3 heterocycles. The number of aliphatic imine (C=N–C) groups is 1. The van der Waals surface area contributed by atoms with E-state index in [2.05, 4.69) is 51.1 Å². The second kappa shape index (κ2) is 11.8. The van der Waals surface area contributed by atoms with E-state index in [0.717, 1.165) is 76.1 Å². The highest BCUT2D eigenvalue weighted by molar-refractivity contribution is 14.0. The molecule has 0 radical (unpaired) electrons. The summed E-state index contributed by atoms with van der Waals surface area (Å²) < 4.78 is 11.3. The average Bonchev–Trinajstić information content (AvgIpc) is 2.70. The Morgan fingerprint density at radius 2 is 2.11 bits per heavy atom. The number of aromatic nitrogens is 1. The summed E-state index contributed by atoms with van der Waals surface area (Å²) in [6.45, 7) is 10.2. The van der Waals surface area contributed by atoms with Gasteiger partial charge >= 0.3 is 0 Å². The van der Waals surface area contributed by atoms with Crippen molar-refractivity contribution in [1.29, 1.82) is 0 Å². The second-order valence-electron chi connectivity index (χ2n) is 7.19. The van der Waals surface area contributed by atoms with Gasteiger partial charge in [-0.3, -0.25) is 4.99 Å². The lowest BCUT2D eigenvalue weighted by Crippen LogP contribution is -2.46. The third-order valence-electron chi connectivity index (χ3n) is 5.18. The summed E-state index contributed by atoms with van der Waals surface area (Å²) in [5.41, 5.74) is 1.16. The highest BCUT2D eigenvalue weighted by Gasteiger charge is 2.21. The molecule has 0 bridgehead atoms. The van der Waals surface area contributed by atoms with Gasteiger partial charge in [0.1, 0.15) is 5.82 Å². The predicted octanol–water partition coefficient (Wildman–Crippen LogP) is 2.50. The van der Waals surface area contributed by atoms with Gasteiger partial charge in [-0.25, -0.2) is 4.98 Å². The van der Waals surface area contributed by atoms with Crippen molar-refractivity contribution < 1.29 is 9.47 Å². The van der Waals surface area contributed by atoms with Crippen LogP contribution < -0.4 is 10.2 Å². The van der Waals surface area contributed by atoms with Crippen molar-refractivity contribution in [2.45, 2.75) is 45.4 Å². The fraction of sp³-hybridized carbons (Fsp3) is 0.700. The summed E-state index contributed by atoms with van der Waals surface area (Å²) in [4.78, 5) is 13.7.